The van der Waals surface area contributed by atoms with E-state index in [0.717, 1.165) is 5.56 Å². The standard InChI is InChI=1S/C21H26FN5O4S/c1-2-3-10-14(16(22)18(29)26-31)20(30)27-12-7-11-15(27)17(28)23-21-25-24-19(32-21)13-8-5-4-6-9-13/h4-6,8-9,14-16,31H,2-3,7,10-12H2,1H3,(H,26,29)(H,23,25,28)/t14-,15?,16+/m1/s1. The molecule has 1 fully saturated rings. The number of nitrogens with zero attached hydrogens (tertiary/aromatic N) is 3. The van der Waals surface area contributed by atoms with Gasteiger partial charge in [0, 0.05) is 12.1 Å². The molecule has 3 amide bonds. The number of hydrogen-bond donors (Lipinski definition) is 3. The Hall–Kier alpha value is -2.92. The van der Waals surface area contributed by atoms with Crippen LogP contribution in [-0.2, 0) is 14.4 Å². The zero-order valence-corrected chi connectivity index (χ0v) is 18.5. The summed E-state index contributed by atoms with van der Waals surface area (Å²) in [5, 5.41) is 20.5. The van der Waals surface area contributed by atoms with Gasteiger partial charge in [-0.2, -0.15) is 0 Å². The Morgan fingerprint density at radius 1 is 1.28 bits per heavy atom. The largest absolute Gasteiger partial charge is 0.330 e. The van der Waals surface area contributed by atoms with Crippen LogP contribution < -0.4 is 10.8 Å². The van der Waals surface area contributed by atoms with E-state index in [0.29, 0.717) is 42.4 Å². The number of hydroxylamine groups is 1. The number of unbranched alkanes of at least 4 members (excludes halogenated alkanes) is 1. The summed E-state index contributed by atoms with van der Waals surface area (Å²) < 4.78 is 14.6. The van der Waals surface area contributed by atoms with Gasteiger partial charge in [-0.1, -0.05) is 61.4 Å². The predicted octanol–water partition coefficient (Wildman–Crippen LogP) is 2.78. The van der Waals surface area contributed by atoms with E-state index >= 15 is 0 Å². The van der Waals surface area contributed by atoms with Crippen LogP contribution >= 0.6 is 11.3 Å². The van der Waals surface area contributed by atoms with Crippen LogP contribution in [0, 0.1) is 5.92 Å². The van der Waals surface area contributed by atoms with Gasteiger partial charge >= 0.3 is 0 Å². The lowest BCUT2D eigenvalue weighted by Crippen LogP contribution is -2.49. The van der Waals surface area contributed by atoms with E-state index in [-0.39, 0.29) is 6.42 Å². The molecule has 3 N–H and O–H groups in total. The van der Waals surface area contributed by atoms with Gasteiger partial charge in [-0.05, 0) is 19.3 Å². The molecule has 3 rings (SSSR count). The van der Waals surface area contributed by atoms with E-state index in [2.05, 4.69) is 15.5 Å². The molecule has 1 aromatic carbocycles. The van der Waals surface area contributed by atoms with Crippen molar-refractivity contribution in [1.29, 1.82) is 0 Å². The molecule has 1 aliphatic rings. The first-order chi connectivity index (χ1) is 15.5. The quantitative estimate of drug-likeness (QED) is 0.388. The number of amides is 3. The second-order valence-corrected chi connectivity index (χ2v) is 8.56. The molecule has 1 aromatic heterocycles. The van der Waals surface area contributed by atoms with Crippen molar-refractivity contribution in [3.8, 4) is 10.6 Å². The number of halogens is 1. The maximum Gasteiger partial charge on any atom is 0.278 e. The van der Waals surface area contributed by atoms with E-state index in [1.165, 1.54) is 21.7 Å². The van der Waals surface area contributed by atoms with Gasteiger partial charge in [-0.15, -0.1) is 10.2 Å². The number of carbonyl (C=O) groups excluding carboxylic acids is 3. The highest BCUT2D eigenvalue weighted by Crippen LogP contribution is 2.29. The van der Waals surface area contributed by atoms with Crippen molar-refractivity contribution in [3.63, 3.8) is 0 Å². The highest BCUT2D eigenvalue weighted by atomic mass is 32.1. The Bertz CT molecular complexity index is 941. The number of aromatic nitrogens is 2. The van der Waals surface area contributed by atoms with E-state index in [1.54, 1.807) is 0 Å². The Labute approximate surface area is 189 Å². The van der Waals surface area contributed by atoms with Gasteiger partial charge in [0.2, 0.25) is 16.9 Å². The maximum atomic E-state index is 14.6. The van der Waals surface area contributed by atoms with E-state index < -0.39 is 35.9 Å². The molecule has 0 spiro atoms. The summed E-state index contributed by atoms with van der Waals surface area (Å²) in [5.74, 6) is -3.55. The van der Waals surface area contributed by atoms with E-state index in [1.807, 2.05) is 37.3 Å². The monoisotopic (exact) mass is 463 g/mol. The Kier molecular flexibility index (Phi) is 8.23. The molecule has 0 radical (unpaired) electrons. The molecule has 2 heterocycles. The Balaban J connectivity index is 1.70. The number of carbonyl (C=O) groups is 3. The zero-order valence-electron chi connectivity index (χ0n) is 17.7. The third-order valence-corrected chi connectivity index (χ3v) is 6.30. The molecular formula is C21H26FN5O4S. The van der Waals surface area contributed by atoms with Crippen molar-refractivity contribution in [2.75, 3.05) is 11.9 Å². The number of alkyl halides is 1. The number of anilines is 1. The van der Waals surface area contributed by atoms with E-state index in [9.17, 15) is 18.8 Å². The molecule has 0 saturated carbocycles. The normalized spacial score (nSPS) is 17.6. The maximum absolute atomic E-state index is 14.6. The van der Waals surface area contributed by atoms with Gasteiger partial charge in [-0.3, -0.25) is 24.9 Å². The van der Waals surface area contributed by atoms with Crippen molar-refractivity contribution in [3.05, 3.63) is 30.3 Å². The number of likely N-dealkylation sites (tertiary alicyclic amines) is 1. The lowest BCUT2D eigenvalue weighted by Gasteiger charge is -2.29. The summed E-state index contributed by atoms with van der Waals surface area (Å²) in [5.41, 5.74) is 2.14. The lowest BCUT2D eigenvalue weighted by atomic mass is 9.94. The highest BCUT2D eigenvalue weighted by Gasteiger charge is 2.42. The van der Waals surface area contributed by atoms with Crippen molar-refractivity contribution in [2.24, 2.45) is 5.92 Å². The highest BCUT2D eigenvalue weighted by molar-refractivity contribution is 7.18. The smallest absolute Gasteiger partial charge is 0.278 e. The third kappa shape index (κ3) is 5.46. The Morgan fingerprint density at radius 3 is 2.72 bits per heavy atom. The van der Waals surface area contributed by atoms with Crippen molar-refractivity contribution in [1.82, 2.24) is 20.6 Å². The van der Waals surface area contributed by atoms with Crippen LogP contribution in [0.25, 0.3) is 10.6 Å². The first-order valence-corrected chi connectivity index (χ1v) is 11.4. The van der Waals surface area contributed by atoms with E-state index in [4.69, 9.17) is 5.21 Å². The van der Waals surface area contributed by atoms with Gasteiger partial charge in [0.25, 0.3) is 5.91 Å². The molecule has 1 saturated heterocycles. The fourth-order valence-electron chi connectivity index (χ4n) is 3.74. The topological polar surface area (TPSA) is 125 Å². The Morgan fingerprint density at radius 2 is 2.03 bits per heavy atom. The second kappa shape index (κ2) is 11.1. The number of rotatable bonds is 9. The van der Waals surface area contributed by atoms with Crippen LogP contribution in [0.15, 0.2) is 30.3 Å². The van der Waals surface area contributed by atoms with Crippen molar-refractivity contribution < 1.29 is 24.0 Å². The fraction of sp³-hybridized carbons (Fsp3) is 0.476. The molecule has 32 heavy (non-hydrogen) atoms. The molecular weight excluding hydrogens is 437 g/mol. The van der Waals surface area contributed by atoms with Crippen LogP contribution in [0.3, 0.4) is 0 Å². The van der Waals surface area contributed by atoms with Crippen LogP contribution in [0.2, 0.25) is 0 Å². The van der Waals surface area contributed by atoms with Crippen LogP contribution in [0.4, 0.5) is 9.52 Å². The minimum atomic E-state index is -2.19. The molecule has 9 nitrogen and oxygen atoms in total. The number of benzene rings is 1. The van der Waals surface area contributed by atoms with Crippen LogP contribution in [-0.4, -0.2) is 56.8 Å². The summed E-state index contributed by atoms with van der Waals surface area (Å²) in [6.07, 6.45) is 0.200. The first kappa shape index (κ1) is 23.7. The van der Waals surface area contributed by atoms with Gasteiger partial charge in [-0.25, -0.2) is 9.87 Å². The van der Waals surface area contributed by atoms with Crippen molar-refractivity contribution >= 4 is 34.2 Å². The van der Waals surface area contributed by atoms with Gasteiger partial charge < -0.3 is 4.90 Å². The molecule has 1 unspecified atom stereocenters. The minimum Gasteiger partial charge on any atom is -0.330 e. The molecule has 0 bridgehead atoms. The predicted molar refractivity (Wildman–Crippen MR) is 117 cm³/mol. The lowest BCUT2D eigenvalue weighted by molar-refractivity contribution is -0.148. The fourth-order valence-corrected chi connectivity index (χ4v) is 4.49. The van der Waals surface area contributed by atoms with Gasteiger partial charge in [0.05, 0.1) is 5.92 Å². The molecule has 0 aliphatic carbocycles. The molecule has 172 valence electrons. The summed E-state index contributed by atoms with van der Waals surface area (Å²) in [4.78, 5) is 38.9. The first-order valence-electron chi connectivity index (χ1n) is 10.5. The number of nitrogens with one attached hydrogen (secondary N) is 2. The molecule has 11 heteroatoms. The van der Waals surface area contributed by atoms with Crippen LogP contribution in [0.5, 0.6) is 0 Å². The summed E-state index contributed by atoms with van der Waals surface area (Å²) in [7, 11) is 0. The minimum absolute atomic E-state index is 0.144. The van der Waals surface area contributed by atoms with Crippen molar-refractivity contribution in [2.45, 2.75) is 51.2 Å². The summed E-state index contributed by atoms with van der Waals surface area (Å²) >= 11 is 1.21. The summed E-state index contributed by atoms with van der Waals surface area (Å²) in [6.45, 7) is 2.18. The summed E-state index contributed by atoms with van der Waals surface area (Å²) in [6, 6.07) is 8.62. The van der Waals surface area contributed by atoms with Crippen LogP contribution in [0.1, 0.15) is 39.0 Å². The average molecular weight is 464 g/mol. The van der Waals surface area contributed by atoms with Gasteiger partial charge in [0.15, 0.2) is 6.17 Å². The zero-order chi connectivity index (χ0) is 23.1. The third-order valence-electron chi connectivity index (χ3n) is 5.41. The SMILES string of the molecule is CCCC[C@@H](C(=O)N1CCCC1C(=O)Nc1nnc(-c2ccccc2)s1)[C@H](F)C(=O)NO. The molecule has 2 aromatic rings. The molecule has 1 aliphatic heterocycles. The average Bonchev–Trinajstić information content (AvgIpc) is 3.49. The second-order valence-electron chi connectivity index (χ2n) is 7.58. The molecule has 3 atom stereocenters. The van der Waals surface area contributed by atoms with Gasteiger partial charge in [0.1, 0.15) is 11.0 Å². The number of hydrogen-bond acceptors (Lipinski definition) is 7.